The second kappa shape index (κ2) is 6.09. The minimum Gasteiger partial charge on any atom is -0.478 e. The topological polar surface area (TPSA) is 93.5 Å². The molecule has 1 fully saturated rings. The molecule has 1 aliphatic heterocycles. The summed E-state index contributed by atoms with van der Waals surface area (Å²) in [5, 5.41) is 16.2. The molecule has 2 N–H and O–H groups in total. The van der Waals surface area contributed by atoms with Crippen LogP contribution in [-0.2, 0) is 4.74 Å². The van der Waals surface area contributed by atoms with Crippen LogP contribution in [0.3, 0.4) is 0 Å². The fourth-order valence-electron chi connectivity index (χ4n) is 2.75. The van der Waals surface area contributed by atoms with E-state index in [1.54, 1.807) is 31.2 Å². The average Bonchev–Trinajstić information content (AvgIpc) is 3.13. The molecule has 24 heavy (non-hydrogen) atoms. The summed E-state index contributed by atoms with van der Waals surface area (Å²) >= 11 is 0. The van der Waals surface area contributed by atoms with Gasteiger partial charge >= 0.3 is 5.97 Å². The number of rotatable bonds is 4. The van der Waals surface area contributed by atoms with E-state index in [0.717, 1.165) is 6.42 Å². The van der Waals surface area contributed by atoms with Gasteiger partial charge in [-0.2, -0.15) is 5.10 Å². The Morgan fingerprint density at radius 1 is 1.33 bits per heavy atom. The molecular weight excluding hydrogens is 310 g/mol. The minimum atomic E-state index is -1.01. The van der Waals surface area contributed by atoms with E-state index in [1.165, 1.54) is 10.9 Å². The monoisotopic (exact) mass is 329 g/mol. The number of carboxylic acids is 1. The lowest BCUT2D eigenvalue weighted by Crippen LogP contribution is -2.46. The highest BCUT2D eigenvalue weighted by molar-refractivity contribution is 5.95. The second-order valence-corrected chi connectivity index (χ2v) is 6.22. The van der Waals surface area contributed by atoms with Gasteiger partial charge in [-0.1, -0.05) is 0 Å². The maximum absolute atomic E-state index is 12.3. The van der Waals surface area contributed by atoms with E-state index in [9.17, 15) is 9.59 Å². The first kappa shape index (κ1) is 16.2. The zero-order valence-electron chi connectivity index (χ0n) is 13.6. The Balaban J connectivity index is 1.78. The van der Waals surface area contributed by atoms with Crippen LogP contribution in [0.5, 0.6) is 0 Å². The Kier molecular flexibility index (Phi) is 4.11. The number of hydrogen-bond acceptors (Lipinski definition) is 4. The Labute approximate surface area is 139 Å². The summed E-state index contributed by atoms with van der Waals surface area (Å²) in [5.74, 6) is -1.17. The number of carbonyl (C=O) groups is 2. The number of aromatic nitrogens is 2. The van der Waals surface area contributed by atoms with Gasteiger partial charge in [-0.25, -0.2) is 9.48 Å². The summed E-state index contributed by atoms with van der Waals surface area (Å²) in [6.45, 7) is 4.83. The third-order valence-corrected chi connectivity index (χ3v) is 4.25. The Hall–Kier alpha value is -2.67. The van der Waals surface area contributed by atoms with Crippen molar-refractivity contribution in [2.24, 2.45) is 0 Å². The van der Waals surface area contributed by atoms with Gasteiger partial charge in [0.15, 0.2) is 0 Å². The van der Waals surface area contributed by atoms with Gasteiger partial charge in [0.2, 0.25) is 0 Å². The lowest BCUT2D eigenvalue weighted by Gasteiger charge is -2.23. The molecule has 1 unspecified atom stereocenters. The first-order valence-electron chi connectivity index (χ1n) is 7.68. The summed E-state index contributed by atoms with van der Waals surface area (Å²) in [6, 6.07) is 6.89. The number of benzene rings is 1. The smallest absolute Gasteiger partial charge is 0.339 e. The third kappa shape index (κ3) is 3.03. The first-order chi connectivity index (χ1) is 11.4. The van der Waals surface area contributed by atoms with Crippen molar-refractivity contribution >= 4 is 11.9 Å². The third-order valence-electron chi connectivity index (χ3n) is 4.25. The van der Waals surface area contributed by atoms with E-state index in [1.807, 2.05) is 6.92 Å². The van der Waals surface area contributed by atoms with Crippen LogP contribution in [0.1, 0.15) is 39.8 Å². The molecule has 0 spiro atoms. The maximum Gasteiger partial charge on any atom is 0.339 e. The van der Waals surface area contributed by atoms with E-state index in [4.69, 9.17) is 9.84 Å². The normalized spacial score (nSPS) is 20.1. The zero-order chi connectivity index (χ0) is 17.3. The van der Waals surface area contributed by atoms with Crippen LogP contribution in [0.25, 0.3) is 5.69 Å². The van der Waals surface area contributed by atoms with Crippen LogP contribution in [0.4, 0.5) is 0 Å². The SMILES string of the molecule is Cc1c(C(=O)O)cnn1-c1ccc(C(=O)NC2(C)CCOC2)cc1. The molecule has 1 aromatic heterocycles. The van der Waals surface area contributed by atoms with Crippen molar-refractivity contribution < 1.29 is 19.4 Å². The molecule has 0 radical (unpaired) electrons. The van der Waals surface area contributed by atoms with E-state index in [0.29, 0.717) is 30.2 Å². The standard InChI is InChI=1S/C17H19N3O4/c1-11-14(16(22)23)9-18-20(11)13-5-3-12(4-6-13)15(21)19-17(2)7-8-24-10-17/h3-6,9H,7-8,10H2,1-2H3,(H,19,21)(H,22,23). The van der Waals surface area contributed by atoms with Crippen LogP contribution in [0, 0.1) is 6.92 Å². The summed E-state index contributed by atoms with van der Waals surface area (Å²) in [5.41, 5.74) is 1.61. The van der Waals surface area contributed by atoms with Crippen molar-refractivity contribution in [2.45, 2.75) is 25.8 Å². The van der Waals surface area contributed by atoms with Gasteiger partial charge in [0.25, 0.3) is 5.91 Å². The second-order valence-electron chi connectivity index (χ2n) is 6.22. The fourth-order valence-corrected chi connectivity index (χ4v) is 2.75. The van der Waals surface area contributed by atoms with Crippen LogP contribution in [0.15, 0.2) is 30.5 Å². The zero-order valence-corrected chi connectivity index (χ0v) is 13.6. The highest BCUT2D eigenvalue weighted by Gasteiger charge is 2.31. The minimum absolute atomic E-state index is 0.155. The molecule has 2 aromatic rings. The van der Waals surface area contributed by atoms with Crippen LogP contribution in [0.2, 0.25) is 0 Å². The van der Waals surface area contributed by atoms with Gasteiger partial charge in [0.1, 0.15) is 5.56 Å². The van der Waals surface area contributed by atoms with Crippen molar-refractivity contribution in [3.05, 3.63) is 47.3 Å². The van der Waals surface area contributed by atoms with Crippen molar-refractivity contribution in [1.82, 2.24) is 15.1 Å². The molecule has 1 atom stereocenters. The summed E-state index contributed by atoms with van der Waals surface area (Å²) < 4.78 is 6.87. The number of nitrogens with zero attached hydrogens (tertiary/aromatic N) is 2. The van der Waals surface area contributed by atoms with Gasteiger partial charge in [-0.05, 0) is 44.5 Å². The average molecular weight is 329 g/mol. The fraction of sp³-hybridized carbons (Fsp3) is 0.353. The largest absolute Gasteiger partial charge is 0.478 e. The molecule has 1 aromatic carbocycles. The number of carbonyl (C=O) groups excluding carboxylic acids is 1. The van der Waals surface area contributed by atoms with Crippen molar-refractivity contribution in [1.29, 1.82) is 0 Å². The Morgan fingerprint density at radius 2 is 2.04 bits per heavy atom. The number of hydrogen-bond donors (Lipinski definition) is 2. The summed E-state index contributed by atoms with van der Waals surface area (Å²) in [6.07, 6.45) is 2.11. The van der Waals surface area contributed by atoms with Gasteiger partial charge in [0.05, 0.1) is 29.7 Å². The molecule has 7 heteroatoms. The number of carboxylic acid groups (broad SMARTS) is 1. The van der Waals surface area contributed by atoms with Gasteiger partial charge in [-0.3, -0.25) is 4.79 Å². The van der Waals surface area contributed by atoms with Crippen molar-refractivity contribution in [3.63, 3.8) is 0 Å². The molecule has 2 heterocycles. The molecule has 3 rings (SSSR count). The van der Waals surface area contributed by atoms with Crippen LogP contribution >= 0.6 is 0 Å². The predicted molar refractivity (Wildman–Crippen MR) is 86.6 cm³/mol. The molecule has 0 aliphatic carbocycles. The van der Waals surface area contributed by atoms with Crippen LogP contribution < -0.4 is 5.32 Å². The lowest BCUT2D eigenvalue weighted by atomic mass is 10.0. The highest BCUT2D eigenvalue weighted by atomic mass is 16.5. The number of ether oxygens (including phenoxy) is 1. The lowest BCUT2D eigenvalue weighted by molar-refractivity contribution is 0.0695. The van der Waals surface area contributed by atoms with Gasteiger partial charge < -0.3 is 15.2 Å². The predicted octanol–water partition coefficient (Wildman–Crippen LogP) is 1.79. The number of nitrogens with one attached hydrogen (secondary N) is 1. The molecule has 7 nitrogen and oxygen atoms in total. The highest BCUT2D eigenvalue weighted by Crippen LogP contribution is 2.19. The molecule has 1 saturated heterocycles. The molecular formula is C17H19N3O4. The molecule has 1 aliphatic rings. The Morgan fingerprint density at radius 3 is 2.58 bits per heavy atom. The number of aromatic carboxylic acids is 1. The van der Waals surface area contributed by atoms with E-state index < -0.39 is 5.97 Å². The maximum atomic E-state index is 12.3. The quantitative estimate of drug-likeness (QED) is 0.892. The molecule has 0 bridgehead atoms. The molecule has 0 saturated carbocycles. The Bertz CT molecular complexity index is 774. The van der Waals surface area contributed by atoms with Crippen LogP contribution in [-0.4, -0.2) is 45.5 Å². The number of amides is 1. The molecule has 1 amide bonds. The van der Waals surface area contributed by atoms with E-state index in [2.05, 4.69) is 10.4 Å². The van der Waals surface area contributed by atoms with Crippen molar-refractivity contribution in [2.75, 3.05) is 13.2 Å². The summed E-state index contributed by atoms with van der Waals surface area (Å²) in [4.78, 5) is 23.4. The van der Waals surface area contributed by atoms with Crippen molar-refractivity contribution in [3.8, 4) is 5.69 Å². The van der Waals surface area contributed by atoms with Gasteiger partial charge in [0, 0.05) is 12.2 Å². The first-order valence-corrected chi connectivity index (χ1v) is 7.68. The summed E-state index contributed by atoms with van der Waals surface area (Å²) in [7, 11) is 0. The van der Waals surface area contributed by atoms with E-state index in [-0.39, 0.29) is 17.0 Å². The van der Waals surface area contributed by atoms with Gasteiger partial charge in [-0.15, -0.1) is 0 Å². The van der Waals surface area contributed by atoms with E-state index >= 15 is 0 Å². The molecule has 126 valence electrons.